The molecule has 2 N–H and O–H groups in total. The number of hydrogen-bond acceptors (Lipinski definition) is 6. The second kappa shape index (κ2) is 7.91. The second-order valence-corrected chi connectivity index (χ2v) is 9.08. The number of hydrogen-bond donors (Lipinski definition) is 2. The summed E-state index contributed by atoms with van der Waals surface area (Å²) >= 11 is 1.50. The van der Waals surface area contributed by atoms with Crippen LogP contribution in [-0.2, 0) is 0 Å². The van der Waals surface area contributed by atoms with Crippen LogP contribution >= 0.6 is 11.8 Å². The molecule has 0 amide bonds. The van der Waals surface area contributed by atoms with Crippen molar-refractivity contribution in [1.29, 1.82) is 0 Å². The minimum atomic E-state index is -1.05. The summed E-state index contributed by atoms with van der Waals surface area (Å²) in [7, 11) is 0. The quantitative estimate of drug-likeness (QED) is 0.464. The number of nitrogens with one attached hydrogen (secondary N) is 2. The van der Waals surface area contributed by atoms with Crippen molar-refractivity contribution in [3.63, 3.8) is 0 Å². The molecule has 0 bridgehead atoms. The van der Waals surface area contributed by atoms with Crippen LogP contribution in [0.5, 0.6) is 0 Å². The molecule has 1 saturated heterocycles. The third kappa shape index (κ3) is 4.28. The highest BCUT2D eigenvalue weighted by molar-refractivity contribution is 7.99. The molecular formula is C22H33FN6S. The summed E-state index contributed by atoms with van der Waals surface area (Å²) < 4.78 is 14.8. The van der Waals surface area contributed by atoms with Gasteiger partial charge in [0, 0.05) is 27.0 Å². The molecule has 2 aromatic heterocycles. The Hall–Kier alpha value is -2.61. The lowest BCUT2D eigenvalue weighted by Gasteiger charge is -2.45. The van der Waals surface area contributed by atoms with Gasteiger partial charge >= 0.3 is 0 Å². The van der Waals surface area contributed by atoms with Gasteiger partial charge in [0.05, 0.1) is 13.1 Å². The van der Waals surface area contributed by atoms with Gasteiger partial charge in [-0.15, -0.1) is 0 Å². The number of aromatic amines is 1. The van der Waals surface area contributed by atoms with Crippen LogP contribution in [0.1, 0.15) is 35.8 Å². The highest BCUT2D eigenvalue weighted by Gasteiger charge is 2.54. The molecule has 1 aliphatic carbocycles. The summed E-state index contributed by atoms with van der Waals surface area (Å²) in [6.45, 7) is 4.82. The largest absolute Gasteiger partial charge is 0.350 e. The van der Waals surface area contributed by atoms with Crippen molar-refractivity contribution in [2.45, 2.75) is 49.8 Å². The van der Waals surface area contributed by atoms with Crippen LogP contribution in [0.3, 0.4) is 0 Å². The molecule has 2 fully saturated rings. The van der Waals surface area contributed by atoms with Gasteiger partial charge in [-0.2, -0.15) is 5.10 Å². The van der Waals surface area contributed by atoms with Crippen molar-refractivity contribution in [1.82, 2.24) is 20.2 Å². The molecule has 5 rings (SSSR count). The number of rotatable bonds is 6. The molecule has 3 aromatic rings. The van der Waals surface area contributed by atoms with Gasteiger partial charge < -0.3 is 10.2 Å². The number of benzene rings is 1. The lowest BCUT2D eigenvalue weighted by atomic mass is 9.91. The predicted octanol–water partition coefficient (Wildman–Crippen LogP) is 6.02. The van der Waals surface area contributed by atoms with Crippen LogP contribution in [0.15, 0.2) is 46.5 Å². The summed E-state index contributed by atoms with van der Waals surface area (Å²) in [5, 5.41) is 11.0. The highest BCUT2D eigenvalue weighted by atomic mass is 32.2. The number of nitrogens with zero attached hydrogens (tertiary/aromatic N) is 4. The molecule has 1 aromatic carbocycles. The van der Waals surface area contributed by atoms with E-state index in [1.165, 1.54) is 17.3 Å². The standard InChI is InChI=1S/C21H23FN6S.CH4.3H2/c1-13-3-7-16(8-4-13)29-20-24-17(23-18-9-14(2)26-27-18)10-19(25-20)28-11-21(22,12-28)15-5-6-15;;;;/h3-4,7-10,15H,5-6,11-12H2,1-2H3,(H2,23,24,25,26,27);1H4;3*1H. The van der Waals surface area contributed by atoms with Crippen molar-refractivity contribution in [3.8, 4) is 0 Å². The number of H-pyrrole nitrogens is 1. The molecule has 164 valence electrons. The lowest BCUT2D eigenvalue weighted by molar-refractivity contribution is 0.0924. The molecule has 8 heteroatoms. The topological polar surface area (TPSA) is 69.7 Å². The first kappa shape index (κ1) is 20.7. The SMILES string of the molecule is C.Cc1ccc(Sc2nc(Nc3cc(C)[nH]n3)cc(N3CC(F)(C4CC4)C3)n2)cc1.[HH].[HH].[HH]. The van der Waals surface area contributed by atoms with Crippen LogP contribution in [0.2, 0.25) is 0 Å². The summed E-state index contributed by atoms with van der Waals surface area (Å²) in [4.78, 5) is 12.4. The Morgan fingerprint density at radius 3 is 2.50 bits per heavy atom. The zero-order valence-electron chi connectivity index (χ0n) is 16.4. The van der Waals surface area contributed by atoms with Crippen molar-refractivity contribution in [2.75, 3.05) is 23.3 Å². The van der Waals surface area contributed by atoms with Gasteiger partial charge in [0.25, 0.3) is 0 Å². The monoisotopic (exact) mass is 432 g/mol. The summed E-state index contributed by atoms with van der Waals surface area (Å²) in [6, 6.07) is 12.0. The van der Waals surface area contributed by atoms with Crippen LogP contribution in [0.4, 0.5) is 21.8 Å². The Morgan fingerprint density at radius 1 is 1.13 bits per heavy atom. The van der Waals surface area contributed by atoms with E-state index in [0.717, 1.165) is 29.2 Å². The second-order valence-electron chi connectivity index (χ2n) is 8.04. The van der Waals surface area contributed by atoms with Gasteiger partial charge in [-0.05, 0) is 56.5 Å². The third-order valence-electron chi connectivity index (χ3n) is 5.42. The van der Waals surface area contributed by atoms with Gasteiger partial charge in [-0.1, -0.05) is 25.1 Å². The first-order chi connectivity index (χ1) is 14.0. The minimum Gasteiger partial charge on any atom is -0.350 e. The Bertz CT molecular complexity index is 1040. The number of alkyl halides is 1. The highest BCUT2D eigenvalue weighted by Crippen LogP contribution is 2.48. The zero-order valence-corrected chi connectivity index (χ0v) is 17.3. The van der Waals surface area contributed by atoms with E-state index in [4.69, 9.17) is 4.98 Å². The molecule has 0 unspecified atom stereocenters. The molecule has 0 radical (unpaired) electrons. The molecule has 1 saturated carbocycles. The number of halogens is 1. The van der Waals surface area contributed by atoms with Crippen LogP contribution in [-0.4, -0.2) is 38.9 Å². The molecular weight excluding hydrogens is 399 g/mol. The zero-order chi connectivity index (χ0) is 20.0. The Labute approximate surface area is 185 Å². The van der Waals surface area contributed by atoms with Gasteiger partial charge in [0.2, 0.25) is 0 Å². The lowest BCUT2D eigenvalue weighted by Crippen LogP contribution is -2.60. The Morgan fingerprint density at radius 2 is 1.87 bits per heavy atom. The maximum Gasteiger partial charge on any atom is 0.196 e. The summed E-state index contributed by atoms with van der Waals surface area (Å²) in [6.07, 6.45) is 2.02. The molecule has 0 spiro atoms. The smallest absolute Gasteiger partial charge is 0.196 e. The molecule has 30 heavy (non-hydrogen) atoms. The maximum absolute atomic E-state index is 14.8. The molecule has 3 heterocycles. The first-order valence-electron chi connectivity index (χ1n) is 9.83. The average molecular weight is 433 g/mol. The van der Waals surface area contributed by atoms with E-state index < -0.39 is 5.67 Å². The van der Waals surface area contributed by atoms with E-state index in [0.29, 0.717) is 29.9 Å². The van der Waals surface area contributed by atoms with Gasteiger partial charge in [-0.25, -0.2) is 14.4 Å². The van der Waals surface area contributed by atoms with E-state index in [9.17, 15) is 4.39 Å². The summed E-state index contributed by atoms with van der Waals surface area (Å²) in [5.41, 5.74) is 1.12. The average Bonchev–Trinajstić information content (AvgIpc) is 3.44. The van der Waals surface area contributed by atoms with Gasteiger partial charge in [-0.3, -0.25) is 5.10 Å². The third-order valence-corrected chi connectivity index (χ3v) is 6.30. The van der Waals surface area contributed by atoms with E-state index in [2.05, 4.69) is 51.7 Å². The van der Waals surface area contributed by atoms with Crippen LogP contribution in [0.25, 0.3) is 0 Å². The fourth-order valence-electron chi connectivity index (χ4n) is 3.62. The molecule has 2 aliphatic rings. The van der Waals surface area contributed by atoms with Crippen LogP contribution < -0.4 is 10.2 Å². The fourth-order valence-corrected chi connectivity index (χ4v) is 4.38. The Balaban J connectivity index is 0.00000136. The Kier molecular flexibility index (Phi) is 5.44. The molecule has 0 atom stereocenters. The van der Waals surface area contributed by atoms with Crippen LogP contribution in [0, 0.1) is 19.8 Å². The normalized spacial score (nSPS) is 17.2. The number of anilines is 3. The predicted molar refractivity (Wildman–Crippen MR) is 126 cm³/mol. The van der Waals surface area contributed by atoms with E-state index >= 15 is 0 Å². The maximum atomic E-state index is 14.8. The van der Waals surface area contributed by atoms with Crippen molar-refractivity contribution in [2.24, 2.45) is 5.92 Å². The first-order valence-corrected chi connectivity index (χ1v) is 10.6. The summed E-state index contributed by atoms with van der Waals surface area (Å²) in [5.74, 6) is 2.32. The molecule has 6 nitrogen and oxygen atoms in total. The van der Waals surface area contributed by atoms with E-state index in [1.54, 1.807) is 0 Å². The van der Waals surface area contributed by atoms with Crippen molar-refractivity contribution in [3.05, 3.63) is 47.7 Å². The minimum absolute atomic E-state index is 0. The number of aryl methyl sites for hydroxylation is 2. The molecule has 1 aliphatic heterocycles. The van der Waals surface area contributed by atoms with Gasteiger partial charge in [0.1, 0.15) is 17.3 Å². The number of aromatic nitrogens is 4. The van der Waals surface area contributed by atoms with E-state index in [1.807, 2.05) is 24.0 Å². The van der Waals surface area contributed by atoms with Crippen molar-refractivity contribution < 1.29 is 8.67 Å². The van der Waals surface area contributed by atoms with Gasteiger partial charge in [0.15, 0.2) is 11.0 Å². The fraction of sp³-hybridized carbons (Fsp3) is 0.409. The van der Waals surface area contributed by atoms with E-state index in [-0.39, 0.29) is 17.6 Å². The van der Waals surface area contributed by atoms with Crippen molar-refractivity contribution >= 4 is 29.2 Å².